The van der Waals surface area contributed by atoms with Gasteiger partial charge in [0.25, 0.3) is 6.71 Å². The highest BCUT2D eigenvalue weighted by molar-refractivity contribution is 8.03. The lowest BCUT2D eigenvalue weighted by Gasteiger charge is -2.43. The standard InChI is InChI=1S/C56H44BN3S/c1-33-30-48-52-49(31-33)60-53-40(51-54(60)39-19-8-10-22-41(39)56(51,4)5)21-14-23-43(53)57(52)42-29-28-36(58(44-24-11-6-16-34(44)2)45-25-12-7-17-35(45)3)32-47(42)59(48)46-26-15-20-38-37-18-9-13-27-50(37)61-55(38)46/h6-19,21-32,38H,20H2,1-5H3. The summed E-state index contributed by atoms with van der Waals surface area (Å²) in [6.07, 6.45) is 5.87. The van der Waals surface area contributed by atoms with Crippen molar-refractivity contribution in [1.29, 1.82) is 0 Å². The highest BCUT2D eigenvalue weighted by Gasteiger charge is 2.48. The molecule has 5 aliphatic rings. The van der Waals surface area contributed by atoms with Crippen molar-refractivity contribution in [3.8, 4) is 16.9 Å². The molecule has 4 heterocycles. The van der Waals surface area contributed by atoms with E-state index in [0.717, 1.165) is 12.1 Å². The van der Waals surface area contributed by atoms with Gasteiger partial charge in [-0.05, 0) is 126 Å². The molecule has 3 aliphatic heterocycles. The van der Waals surface area contributed by atoms with E-state index in [-0.39, 0.29) is 12.1 Å². The van der Waals surface area contributed by atoms with Gasteiger partial charge in [-0.2, -0.15) is 0 Å². The Bertz CT molecular complexity index is 3270. The van der Waals surface area contributed by atoms with Gasteiger partial charge in [0.15, 0.2) is 0 Å². The fourth-order valence-corrected chi connectivity index (χ4v) is 13.1. The lowest BCUT2D eigenvalue weighted by Crippen LogP contribution is -2.61. The third-order valence-electron chi connectivity index (χ3n) is 14.4. The molecular formula is C56H44BN3S. The number of hydrogen-bond donors (Lipinski definition) is 0. The van der Waals surface area contributed by atoms with Crippen LogP contribution in [0.25, 0.3) is 27.8 Å². The first-order valence-corrected chi connectivity index (χ1v) is 22.6. The van der Waals surface area contributed by atoms with Gasteiger partial charge >= 0.3 is 0 Å². The van der Waals surface area contributed by atoms with Crippen LogP contribution in [0.2, 0.25) is 0 Å². The molecule has 0 fully saturated rings. The van der Waals surface area contributed by atoms with Gasteiger partial charge in [-0.15, -0.1) is 0 Å². The number of hydrogen-bond acceptors (Lipinski definition) is 3. The van der Waals surface area contributed by atoms with Gasteiger partial charge in [-0.25, -0.2) is 0 Å². The van der Waals surface area contributed by atoms with Crippen LogP contribution in [-0.2, 0) is 5.41 Å². The summed E-state index contributed by atoms with van der Waals surface area (Å²) >= 11 is 1.97. The average Bonchev–Trinajstić information content (AvgIpc) is 3.91. The first-order valence-electron chi connectivity index (χ1n) is 21.7. The quantitative estimate of drug-likeness (QED) is 0.164. The fourth-order valence-electron chi connectivity index (χ4n) is 11.8. The molecule has 3 nitrogen and oxygen atoms in total. The molecule has 0 spiro atoms. The number of anilines is 5. The summed E-state index contributed by atoms with van der Waals surface area (Å²) in [5.74, 6) is 0.341. The van der Waals surface area contributed by atoms with E-state index in [2.05, 4.69) is 207 Å². The molecule has 0 N–H and O–H groups in total. The van der Waals surface area contributed by atoms with Crippen molar-refractivity contribution in [2.75, 3.05) is 9.80 Å². The maximum atomic E-state index is 2.67. The highest BCUT2D eigenvalue weighted by atomic mass is 32.2. The lowest BCUT2D eigenvalue weighted by atomic mass is 9.33. The highest BCUT2D eigenvalue weighted by Crippen LogP contribution is 2.57. The second kappa shape index (κ2) is 12.6. The van der Waals surface area contributed by atoms with E-state index in [1.165, 1.54) is 116 Å². The van der Waals surface area contributed by atoms with Crippen LogP contribution in [0.3, 0.4) is 0 Å². The summed E-state index contributed by atoms with van der Waals surface area (Å²) in [6.45, 7) is 11.7. The molecule has 7 aromatic carbocycles. The number of benzene rings is 7. The normalized spacial score (nSPS) is 16.9. The fraction of sp³-hybridized carbons (Fsp3) is 0.143. The van der Waals surface area contributed by atoms with E-state index < -0.39 is 0 Å². The third-order valence-corrected chi connectivity index (χ3v) is 15.7. The predicted octanol–water partition coefficient (Wildman–Crippen LogP) is 12.7. The van der Waals surface area contributed by atoms with Crippen LogP contribution in [0.1, 0.15) is 59.6 Å². The van der Waals surface area contributed by atoms with Gasteiger partial charge in [0, 0.05) is 71.7 Å². The minimum atomic E-state index is -0.128. The van der Waals surface area contributed by atoms with E-state index >= 15 is 0 Å². The van der Waals surface area contributed by atoms with Gasteiger partial charge in [0.2, 0.25) is 0 Å². The SMILES string of the molecule is Cc1cc2c3c(c1)-n1c4c(c5cccc(c51)B3c1ccc(N(c3ccccc3C)c3ccccc3C)cc1N2C1=C2Sc3ccccc3C2CC=C1)C(C)(C)c1ccccc1-4. The summed E-state index contributed by atoms with van der Waals surface area (Å²) in [6, 6.07) is 55.3. The van der Waals surface area contributed by atoms with Gasteiger partial charge in [0.1, 0.15) is 0 Å². The van der Waals surface area contributed by atoms with Crippen molar-refractivity contribution in [3.05, 3.63) is 202 Å². The number of rotatable bonds is 4. The topological polar surface area (TPSA) is 11.4 Å². The number of allylic oxidation sites excluding steroid dienone is 3. The maximum absolute atomic E-state index is 2.67. The minimum absolute atomic E-state index is 0.0586. The largest absolute Gasteiger partial charge is 0.311 e. The molecule has 2 aliphatic carbocycles. The number of aryl methyl sites for hydroxylation is 3. The number of nitrogens with zero attached hydrogens (tertiary/aromatic N) is 3. The zero-order chi connectivity index (χ0) is 40.9. The van der Waals surface area contributed by atoms with E-state index in [1.54, 1.807) is 0 Å². The average molecular weight is 802 g/mol. The van der Waals surface area contributed by atoms with Crippen LogP contribution in [0, 0.1) is 20.8 Å². The van der Waals surface area contributed by atoms with Gasteiger partial charge in [-0.1, -0.05) is 135 Å². The van der Waals surface area contributed by atoms with Gasteiger partial charge in [-0.3, -0.25) is 0 Å². The van der Waals surface area contributed by atoms with Crippen molar-refractivity contribution in [2.24, 2.45) is 0 Å². The minimum Gasteiger partial charge on any atom is -0.311 e. The number of fused-ring (bicyclic) bond motifs is 12. The predicted molar refractivity (Wildman–Crippen MR) is 259 cm³/mol. The van der Waals surface area contributed by atoms with Crippen molar-refractivity contribution in [3.63, 3.8) is 0 Å². The van der Waals surface area contributed by atoms with E-state index in [1.807, 2.05) is 11.8 Å². The zero-order valence-electron chi connectivity index (χ0n) is 35.1. The Morgan fingerprint density at radius 2 is 1.41 bits per heavy atom. The Kier molecular flexibility index (Phi) is 7.28. The molecule has 0 saturated carbocycles. The van der Waals surface area contributed by atoms with Crippen LogP contribution >= 0.6 is 11.8 Å². The Balaban J connectivity index is 1.14. The van der Waals surface area contributed by atoms with E-state index in [9.17, 15) is 0 Å². The summed E-state index contributed by atoms with van der Waals surface area (Å²) in [4.78, 5) is 7.97. The summed E-state index contributed by atoms with van der Waals surface area (Å²) in [7, 11) is 0. The molecule has 0 amide bonds. The Hall–Kier alpha value is -6.43. The molecule has 1 atom stereocenters. The lowest BCUT2D eigenvalue weighted by molar-refractivity contribution is 0.666. The third kappa shape index (κ3) is 4.68. The Labute approximate surface area is 362 Å². The summed E-state index contributed by atoms with van der Waals surface area (Å²) in [5.41, 5.74) is 24.8. The molecule has 292 valence electrons. The van der Waals surface area contributed by atoms with Gasteiger partial charge in [0.05, 0.1) is 11.4 Å². The second-order valence-corrected chi connectivity index (χ2v) is 19.3. The molecule has 8 aromatic rings. The van der Waals surface area contributed by atoms with Crippen LogP contribution in [0.5, 0.6) is 0 Å². The molecule has 61 heavy (non-hydrogen) atoms. The maximum Gasteiger partial charge on any atom is 0.252 e. The first-order chi connectivity index (χ1) is 29.8. The molecule has 0 saturated heterocycles. The van der Waals surface area contributed by atoms with Gasteiger partial charge < -0.3 is 14.4 Å². The molecule has 0 radical (unpaired) electrons. The molecule has 13 rings (SSSR count). The van der Waals surface area contributed by atoms with Crippen LogP contribution in [0.4, 0.5) is 28.4 Å². The molecule has 1 aromatic heterocycles. The van der Waals surface area contributed by atoms with Crippen molar-refractivity contribution >= 4 is 74.2 Å². The summed E-state index contributed by atoms with van der Waals surface area (Å²) < 4.78 is 2.67. The van der Waals surface area contributed by atoms with Crippen molar-refractivity contribution in [2.45, 2.75) is 57.3 Å². The van der Waals surface area contributed by atoms with E-state index in [0.29, 0.717) is 5.92 Å². The second-order valence-electron chi connectivity index (χ2n) is 18.2. The smallest absolute Gasteiger partial charge is 0.252 e. The van der Waals surface area contributed by atoms with Crippen molar-refractivity contribution in [1.82, 2.24) is 4.57 Å². The first kappa shape index (κ1) is 35.3. The molecule has 0 bridgehead atoms. The molecule has 5 heteroatoms. The zero-order valence-corrected chi connectivity index (χ0v) is 35.9. The number of thioether (sulfide) groups is 1. The van der Waals surface area contributed by atoms with Crippen LogP contribution in [-0.4, -0.2) is 11.3 Å². The molecular weight excluding hydrogens is 758 g/mol. The molecule has 1 unspecified atom stereocenters. The summed E-state index contributed by atoms with van der Waals surface area (Å²) in [5, 5.41) is 1.37. The van der Waals surface area contributed by atoms with Crippen LogP contribution in [0.15, 0.2) is 173 Å². The van der Waals surface area contributed by atoms with Crippen molar-refractivity contribution < 1.29 is 0 Å². The Morgan fingerprint density at radius 3 is 2.21 bits per heavy atom. The number of para-hydroxylation sites is 3. The van der Waals surface area contributed by atoms with Crippen LogP contribution < -0.4 is 26.2 Å². The monoisotopic (exact) mass is 801 g/mol. The Morgan fingerprint density at radius 1 is 0.689 bits per heavy atom. The number of aromatic nitrogens is 1. The van der Waals surface area contributed by atoms with E-state index in [4.69, 9.17) is 0 Å².